The Balaban J connectivity index is 1.20. The lowest BCUT2D eigenvalue weighted by Crippen LogP contribution is -2.28. The van der Waals surface area contributed by atoms with Gasteiger partial charge in [0.1, 0.15) is 0 Å². The van der Waals surface area contributed by atoms with Crippen molar-refractivity contribution in [1.82, 2.24) is 0 Å². The fourth-order valence-electron chi connectivity index (χ4n) is 8.56. The largest absolute Gasteiger partial charge is 0.310 e. The Hall–Kier alpha value is -6.41. The standard InChI is InChI=1S/C51H34ClN/c52-43-28-40(30-46(34-43)53(44-22-8-3-9-23-44)45-26-24-35-14-10-11-15-36(35)29-45)39-25-27-47-48-31-37-16-12-13-17-38(37)32-50(48)51(49(47)33-39,41-18-4-1-5-19-41)42-20-6-2-7-21-42/h1-34H. The maximum Gasteiger partial charge on any atom is 0.0714 e. The fraction of sp³-hybridized carbons (Fsp3) is 0.0196. The minimum atomic E-state index is -0.518. The van der Waals surface area contributed by atoms with E-state index in [1.54, 1.807) is 0 Å². The van der Waals surface area contributed by atoms with Gasteiger partial charge in [-0.2, -0.15) is 0 Å². The van der Waals surface area contributed by atoms with Crippen LogP contribution in [0.5, 0.6) is 0 Å². The van der Waals surface area contributed by atoms with Gasteiger partial charge in [0.25, 0.3) is 0 Å². The first-order chi connectivity index (χ1) is 26.2. The van der Waals surface area contributed by atoms with Crippen molar-refractivity contribution in [2.24, 2.45) is 0 Å². The molecule has 0 saturated carbocycles. The molecule has 0 fully saturated rings. The third kappa shape index (κ3) is 5.16. The maximum absolute atomic E-state index is 7.09. The highest BCUT2D eigenvalue weighted by Gasteiger charge is 2.46. The molecule has 0 unspecified atom stereocenters. The van der Waals surface area contributed by atoms with Crippen LogP contribution in [0.25, 0.3) is 43.8 Å². The summed E-state index contributed by atoms with van der Waals surface area (Å²) in [6.45, 7) is 0. The number of halogens is 1. The molecular weight excluding hydrogens is 662 g/mol. The molecule has 0 saturated heterocycles. The third-order valence-corrected chi connectivity index (χ3v) is 11.1. The van der Waals surface area contributed by atoms with Crippen LogP contribution >= 0.6 is 11.6 Å². The fourth-order valence-corrected chi connectivity index (χ4v) is 8.79. The maximum atomic E-state index is 7.09. The highest BCUT2D eigenvalue weighted by molar-refractivity contribution is 6.31. The first-order valence-corrected chi connectivity index (χ1v) is 18.5. The summed E-state index contributed by atoms with van der Waals surface area (Å²) in [5, 5.41) is 5.57. The summed E-state index contributed by atoms with van der Waals surface area (Å²) < 4.78 is 0. The van der Waals surface area contributed by atoms with Crippen molar-refractivity contribution in [1.29, 1.82) is 0 Å². The molecule has 0 aromatic heterocycles. The summed E-state index contributed by atoms with van der Waals surface area (Å²) in [7, 11) is 0. The Bertz CT molecular complexity index is 2750. The molecule has 10 rings (SSSR count). The van der Waals surface area contributed by atoms with Crippen LogP contribution in [0, 0.1) is 0 Å². The van der Waals surface area contributed by atoms with Gasteiger partial charge in [-0.25, -0.2) is 0 Å². The van der Waals surface area contributed by atoms with Gasteiger partial charge in [-0.3, -0.25) is 0 Å². The van der Waals surface area contributed by atoms with Gasteiger partial charge < -0.3 is 4.90 Å². The predicted molar refractivity (Wildman–Crippen MR) is 224 cm³/mol. The summed E-state index contributed by atoms with van der Waals surface area (Å²) in [4.78, 5) is 2.30. The summed E-state index contributed by atoms with van der Waals surface area (Å²) in [6.07, 6.45) is 0. The Morgan fingerprint density at radius 3 is 1.58 bits per heavy atom. The lowest BCUT2D eigenvalue weighted by molar-refractivity contribution is 0.770. The Labute approximate surface area is 315 Å². The van der Waals surface area contributed by atoms with E-state index in [4.69, 9.17) is 11.6 Å². The minimum Gasteiger partial charge on any atom is -0.310 e. The van der Waals surface area contributed by atoms with Crippen molar-refractivity contribution >= 4 is 50.2 Å². The van der Waals surface area contributed by atoms with Crippen molar-refractivity contribution in [3.05, 3.63) is 234 Å². The number of nitrogens with zero attached hydrogens (tertiary/aromatic N) is 1. The first-order valence-electron chi connectivity index (χ1n) is 18.1. The van der Waals surface area contributed by atoms with Gasteiger partial charge in [-0.1, -0.05) is 157 Å². The molecule has 0 heterocycles. The van der Waals surface area contributed by atoms with E-state index in [2.05, 4.69) is 211 Å². The molecule has 0 aliphatic heterocycles. The van der Waals surface area contributed by atoms with Crippen molar-refractivity contribution in [2.75, 3.05) is 4.90 Å². The second-order valence-corrected chi connectivity index (χ2v) is 14.3. The molecule has 1 aliphatic rings. The molecule has 0 N–H and O–H groups in total. The van der Waals surface area contributed by atoms with Crippen molar-refractivity contribution in [3.8, 4) is 22.3 Å². The molecule has 1 aliphatic carbocycles. The van der Waals surface area contributed by atoms with Crippen LogP contribution in [0.3, 0.4) is 0 Å². The molecule has 1 nitrogen and oxygen atoms in total. The Morgan fingerprint density at radius 2 is 0.906 bits per heavy atom. The van der Waals surface area contributed by atoms with Crippen LogP contribution in [-0.4, -0.2) is 0 Å². The average Bonchev–Trinajstić information content (AvgIpc) is 3.50. The van der Waals surface area contributed by atoms with Gasteiger partial charge in [0, 0.05) is 22.1 Å². The van der Waals surface area contributed by atoms with E-state index in [-0.39, 0.29) is 0 Å². The number of benzene rings is 9. The minimum absolute atomic E-state index is 0.518. The number of hydrogen-bond donors (Lipinski definition) is 0. The number of para-hydroxylation sites is 1. The first kappa shape index (κ1) is 31.3. The summed E-state index contributed by atoms with van der Waals surface area (Å²) in [6, 6.07) is 74.7. The van der Waals surface area contributed by atoms with E-state index < -0.39 is 5.41 Å². The van der Waals surface area contributed by atoms with Crippen molar-refractivity contribution in [3.63, 3.8) is 0 Å². The lowest BCUT2D eigenvalue weighted by atomic mass is 9.67. The average molecular weight is 696 g/mol. The Kier molecular flexibility index (Phi) is 7.49. The monoisotopic (exact) mass is 695 g/mol. The van der Waals surface area contributed by atoms with Crippen LogP contribution in [0.1, 0.15) is 22.3 Å². The highest BCUT2D eigenvalue weighted by Crippen LogP contribution is 2.57. The normalized spacial score (nSPS) is 12.8. The summed E-state index contributed by atoms with van der Waals surface area (Å²) in [5.74, 6) is 0. The predicted octanol–water partition coefficient (Wildman–Crippen LogP) is 14.1. The number of hydrogen-bond acceptors (Lipinski definition) is 1. The Morgan fingerprint density at radius 1 is 0.340 bits per heavy atom. The molecule has 0 atom stereocenters. The number of anilines is 3. The molecule has 0 radical (unpaired) electrons. The van der Waals surface area contributed by atoms with Gasteiger partial charge in [-0.15, -0.1) is 0 Å². The van der Waals surface area contributed by atoms with Crippen LogP contribution in [0.4, 0.5) is 17.1 Å². The van der Waals surface area contributed by atoms with Crippen molar-refractivity contribution < 1.29 is 0 Å². The number of rotatable bonds is 6. The van der Waals surface area contributed by atoms with E-state index in [1.807, 2.05) is 0 Å². The van der Waals surface area contributed by atoms with E-state index in [9.17, 15) is 0 Å². The zero-order chi connectivity index (χ0) is 35.4. The quantitative estimate of drug-likeness (QED) is 0.167. The molecular formula is C51H34ClN. The van der Waals surface area contributed by atoms with Crippen LogP contribution in [0.15, 0.2) is 206 Å². The molecule has 250 valence electrons. The molecule has 0 amide bonds. The zero-order valence-corrected chi connectivity index (χ0v) is 29.7. The van der Waals surface area contributed by atoms with Gasteiger partial charge in [0.15, 0.2) is 0 Å². The summed E-state index contributed by atoms with van der Waals surface area (Å²) >= 11 is 7.09. The third-order valence-electron chi connectivity index (χ3n) is 10.9. The van der Waals surface area contributed by atoms with E-state index >= 15 is 0 Å². The van der Waals surface area contributed by atoms with E-state index in [0.29, 0.717) is 5.02 Å². The van der Waals surface area contributed by atoms with Crippen LogP contribution < -0.4 is 4.90 Å². The molecule has 9 aromatic rings. The molecule has 2 heteroatoms. The molecule has 0 spiro atoms. The lowest BCUT2D eigenvalue weighted by Gasteiger charge is -2.34. The zero-order valence-electron chi connectivity index (χ0n) is 29.0. The summed E-state index contributed by atoms with van der Waals surface area (Å²) in [5.41, 5.74) is 12.4. The van der Waals surface area contributed by atoms with E-state index in [1.165, 1.54) is 54.9 Å². The SMILES string of the molecule is Clc1cc(-c2ccc3c(c2)C(c2ccccc2)(c2ccccc2)c2cc4ccccc4cc2-3)cc(N(c2ccccc2)c2ccc3ccccc3c2)c1. The molecule has 0 bridgehead atoms. The smallest absolute Gasteiger partial charge is 0.0714 e. The van der Waals surface area contributed by atoms with Crippen molar-refractivity contribution in [2.45, 2.75) is 5.41 Å². The van der Waals surface area contributed by atoms with Gasteiger partial charge in [0.2, 0.25) is 0 Å². The highest BCUT2D eigenvalue weighted by atomic mass is 35.5. The van der Waals surface area contributed by atoms with E-state index in [0.717, 1.165) is 28.2 Å². The van der Waals surface area contributed by atoms with Gasteiger partial charge >= 0.3 is 0 Å². The van der Waals surface area contributed by atoms with Crippen LogP contribution in [-0.2, 0) is 5.41 Å². The van der Waals surface area contributed by atoms with Gasteiger partial charge in [0.05, 0.1) is 5.41 Å². The molecule has 53 heavy (non-hydrogen) atoms. The second-order valence-electron chi connectivity index (χ2n) is 13.9. The molecule has 9 aromatic carbocycles. The number of fused-ring (bicyclic) bond motifs is 5. The topological polar surface area (TPSA) is 3.24 Å². The van der Waals surface area contributed by atoms with Crippen LogP contribution in [0.2, 0.25) is 5.02 Å². The second kappa shape index (κ2) is 12.7. The van der Waals surface area contributed by atoms with Gasteiger partial charge in [-0.05, 0) is 127 Å².